The number of benzene rings is 1. The molecule has 0 N–H and O–H groups in total. The molecule has 0 unspecified atom stereocenters. The average molecular weight is 245 g/mol. The van der Waals surface area contributed by atoms with Crippen LogP contribution >= 0.6 is 11.6 Å². The van der Waals surface area contributed by atoms with Crippen molar-refractivity contribution in [1.29, 1.82) is 0 Å². The minimum absolute atomic E-state index is 0.424. The van der Waals surface area contributed by atoms with E-state index in [4.69, 9.17) is 22.9 Å². The molecule has 0 saturated heterocycles. The van der Waals surface area contributed by atoms with Gasteiger partial charge in [-0.2, -0.15) is 0 Å². The number of hydrogen-bond donors (Lipinski definition) is 0. The molecule has 0 aliphatic carbocycles. The maximum absolute atomic E-state index is 6.84. The molecule has 1 aromatic carbocycles. The molecule has 2 rings (SSSR count). The molecular formula is C13H9ClN2O. The first kappa shape index (κ1) is 11.4. The van der Waals surface area contributed by atoms with Crippen molar-refractivity contribution in [1.82, 2.24) is 4.98 Å². The van der Waals surface area contributed by atoms with Crippen LogP contribution in [0.1, 0.15) is 5.56 Å². The Hall–Kier alpha value is -2.05. The number of nitrogens with zero attached hydrogens (tertiary/aromatic N) is 2. The summed E-state index contributed by atoms with van der Waals surface area (Å²) in [6, 6.07) is 10.7. The smallest absolute Gasteiger partial charge is 0.213 e. The zero-order valence-electron chi connectivity index (χ0n) is 8.93. The summed E-state index contributed by atoms with van der Waals surface area (Å²) in [5.74, 6) is 0.531. The molecule has 0 bridgehead atoms. The molecule has 0 radical (unpaired) electrons. The van der Waals surface area contributed by atoms with E-state index in [1.165, 1.54) is 0 Å². The molecule has 4 heteroatoms. The Labute approximate surface area is 104 Å². The van der Waals surface area contributed by atoms with Gasteiger partial charge in [0, 0.05) is 12.3 Å². The summed E-state index contributed by atoms with van der Waals surface area (Å²) in [4.78, 5) is 7.35. The van der Waals surface area contributed by atoms with E-state index >= 15 is 0 Å². The maximum Gasteiger partial charge on any atom is 0.213 e. The van der Waals surface area contributed by atoms with Crippen LogP contribution in [-0.2, 0) is 6.61 Å². The van der Waals surface area contributed by atoms with Crippen LogP contribution in [0.4, 0.5) is 5.69 Å². The van der Waals surface area contributed by atoms with Crippen LogP contribution in [0.5, 0.6) is 5.88 Å². The minimum Gasteiger partial charge on any atom is -0.473 e. The molecule has 17 heavy (non-hydrogen) atoms. The van der Waals surface area contributed by atoms with E-state index in [0.717, 1.165) is 5.56 Å². The van der Waals surface area contributed by atoms with E-state index in [0.29, 0.717) is 23.2 Å². The maximum atomic E-state index is 6.84. The number of pyridine rings is 1. The van der Waals surface area contributed by atoms with Crippen LogP contribution in [0, 0.1) is 6.57 Å². The number of rotatable bonds is 3. The van der Waals surface area contributed by atoms with Crippen molar-refractivity contribution >= 4 is 17.3 Å². The Kier molecular flexibility index (Phi) is 3.59. The third kappa shape index (κ3) is 3.20. The monoisotopic (exact) mass is 244 g/mol. The second-order valence-electron chi connectivity index (χ2n) is 3.38. The topological polar surface area (TPSA) is 26.5 Å². The molecule has 0 atom stereocenters. The number of ether oxygens (including phenoxy) is 1. The van der Waals surface area contributed by atoms with Gasteiger partial charge in [-0.1, -0.05) is 35.9 Å². The van der Waals surface area contributed by atoms with Crippen molar-refractivity contribution in [2.45, 2.75) is 6.61 Å². The fourth-order valence-electron chi connectivity index (χ4n) is 1.27. The van der Waals surface area contributed by atoms with E-state index < -0.39 is 0 Å². The molecule has 0 saturated carbocycles. The molecule has 0 amide bonds. The van der Waals surface area contributed by atoms with Gasteiger partial charge in [-0.3, -0.25) is 0 Å². The zero-order chi connectivity index (χ0) is 12.1. The van der Waals surface area contributed by atoms with E-state index in [9.17, 15) is 0 Å². The van der Waals surface area contributed by atoms with E-state index in [1.54, 1.807) is 30.5 Å². The van der Waals surface area contributed by atoms with Gasteiger partial charge in [0.25, 0.3) is 0 Å². The molecule has 0 spiro atoms. The fraction of sp³-hybridized carbons (Fsp3) is 0.0769. The van der Waals surface area contributed by atoms with Gasteiger partial charge in [-0.15, -0.1) is 0 Å². The Morgan fingerprint density at radius 2 is 1.94 bits per heavy atom. The summed E-state index contributed by atoms with van der Waals surface area (Å²) in [5, 5.41) is 0.582. The first-order chi connectivity index (χ1) is 8.28. The van der Waals surface area contributed by atoms with Gasteiger partial charge >= 0.3 is 0 Å². The van der Waals surface area contributed by atoms with Crippen LogP contribution in [0.15, 0.2) is 42.6 Å². The predicted molar refractivity (Wildman–Crippen MR) is 66.3 cm³/mol. The fourth-order valence-corrected chi connectivity index (χ4v) is 1.38. The van der Waals surface area contributed by atoms with Gasteiger partial charge < -0.3 is 4.74 Å². The largest absolute Gasteiger partial charge is 0.473 e. The standard InChI is InChI=1S/C13H9ClN2O/c1-15-12-5-2-10(3-6-12)9-17-13-7-4-11(14)8-16-13/h2-8H,9H2. The quantitative estimate of drug-likeness (QED) is 0.767. The Morgan fingerprint density at radius 1 is 1.18 bits per heavy atom. The summed E-state index contributed by atoms with van der Waals surface area (Å²) in [6.45, 7) is 7.27. The zero-order valence-corrected chi connectivity index (χ0v) is 9.69. The molecule has 0 aliphatic rings. The second kappa shape index (κ2) is 5.33. The Balaban J connectivity index is 1.98. The van der Waals surface area contributed by atoms with Gasteiger partial charge in [0.1, 0.15) is 6.61 Å². The van der Waals surface area contributed by atoms with Crippen molar-refractivity contribution in [3.8, 4) is 5.88 Å². The predicted octanol–water partition coefficient (Wildman–Crippen LogP) is 3.86. The van der Waals surface area contributed by atoms with Crippen molar-refractivity contribution in [2.24, 2.45) is 0 Å². The molecule has 0 fully saturated rings. The van der Waals surface area contributed by atoms with Crippen molar-refractivity contribution in [3.05, 3.63) is 64.6 Å². The Bertz CT molecular complexity index is 529. The number of aromatic nitrogens is 1. The summed E-state index contributed by atoms with van der Waals surface area (Å²) in [7, 11) is 0. The summed E-state index contributed by atoms with van der Waals surface area (Å²) in [5.41, 5.74) is 1.62. The molecule has 84 valence electrons. The van der Waals surface area contributed by atoms with Crippen molar-refractivity contribution in [2.75, 3.05) is 0 Å². The lowest BCUT2D eigenvalue weighted by Crippen LogP contribution is -1.96. The third-order valence-electron chi connectivity index (χ3n) is 2.15. The van der Waals surface area contributed by atoms with Gasteiger partial charge in [-0.05, 0) is 11.6 Å². The highest BCUT2D eigenvalue weighted by Crippen LogP contribution is 2.15. The van der Waals surface area contributed by atoms with E-state index in [1.807, 2.05) is 12.1 Å². The average Bonchev–Trinajstić information content (AvgIpc) is 2.39. The second-order valence-corrected chi connectivity index (χ2v) is 3.82. The van der Waals surface area contributed by atoms with Crippen LogP contribution in [0.25, 0.3) is 4.85 Å². The molecule has 1 heterocycles. The van der Waals surface area contributed by atoms with Gasteiger partial charge in [-0.25, -0.2) is 9.83 Å². The highest BCUT2D eigenvalue weighted by Gasteiger charge is 1.97. The van der Waals surface area contributed by atoms with Gasteiger partial charge in [0.15, 0.2) is 5.69 Å². The molecule has 2 aromatic rings. The summed E-state index contributed by atoms with van der Waals surface area (Å²) < 4.78 is 5.47. The molecular weight excluding hydrogens is 236 g/mol. The highest BCUT2D eigenvalue weighted by molar-refractivity contribution is 6.30. The van der Waals surface area contributed by atoms with Crippen LogP contribution in [-0.4, -0.2) is 4.98 Å². The Morgan fingerprint density at radius 3 is 2.53 bits per heavy atom. The molecule has 3 nitrogen and oxygen atoms in total. The van der Waals surface area contributed by atoms with E-state index in [-0.39, 0.29) is 0 Å². The van der Waals surface area contributed by atoms with Crippen LogP contribution in [0.2, 0.25) is 5.02 Å². The van der Waals surface area contributed by atoms with Gasteiger partial charge in [0.2, 0.25) is 5.88 Å². The van der Waals surface area contributed by atoms with Crippen LogP contribution < -0.4 is 4.74 Å². The summed E-state index contributed by atoms with van der Waals surface area (Å²) in [6.07, 6.45) is 1.54. The minimum atomic E-state index is 0.424. The molecule has 0 aliphatic heterocycles. The van der Waals surface area contributed by atoms with Gasteiger partial charge in [0.05, 0.1) is 11.6 Å². The lowest BCUT2D eigenvalue weighted by molar-refractivity contribution is 0.294. The highest BCUT2D eigenvalue weighted by atomic mass is 35.5. The molecule has 1 aromatic heterocycles. The lowest BCUT2D eigenvalue weighted by Gasteiger charge is -2.05. The number of hydrogen-bond acceptors (Lipinski definition) is 2. The summed E-state index contributed by atoms with van der Waals surface area (Å²) >= 11 is 5.72. The van der Waals surface area contributed by atoms with E-state index in [2.05, 4.69) is 9.83 Å². The van der Waals surface area contributed by atoms with Crippen molar-refractivity contribution < 1.29 is 4.74 Å². The first-order valence-electron chi connectivity index (χ1n) is 4.99. The lowest BCUT2D eigenvalue weighted by atomic mass is 10.2. The number of halogens is 1. The van der Waals surface area contributed by atoms with Crippen molar-refractivity contribution in [3.63, 3.8) is 0 Å². The SMILES string of the molecule is [C-]#[N+]c1ccc(COc2ccc(Cl)cn2)cc1. The normalized spacial score (nSPS) is 9.65. The first-order valence-corrected chi connectivity index (χ1v) is 5.36. The van der Waals surface area contributed by atoms with Crippen LogP contribution in [0.3, 0.4) is 0 Å². The third-order valence-corrected chi connectivity index (χ3v) is 2.38.